The van der Waals surface area contributed by atoms with Gasteiger partial charge in [0.2, 0.25) is 5.91 Å². The van der Waals surface area contributed by atoms with Crippen LogP contribution in [0.4, 0.5) is 0 Å². The second kappa shape index (κ2) is 4.70. The molecule has 1 heterocycles. The van der Waals surface area contributed by atoms with Gasteiger partial charge >= 0.3 is 0 Å². The van der Waals surface area contributed by atoms with E-state index >= 15 is 0 Å². The van der Waals surface area contributed by atoms with Crippen LogP contribution in [0.2, 0.25) is 0 Å². The summed E-state index contributed by atoms with van der Waals surface area (Å²) < 4.78 is 5.67. The van der Waals surface area contributed by atoms with Gasteiger partial charge in [-0.2, -0.15) is 0 Å². The van der Waals surface area contributed by atoms with Crippen LogP contribution in [0.25, 0.3) is 0 Å². The first kappa shape index (κ1) is 13.3. The molecule has 0 N–H and O–H groups in total. The molecule has 106 valence electrons. The first-order valence-electron chi connectivity index (χ1n) is 7.07. The molecular weight excluding hydrogens is 254 g/mol. The molecule has 3 unspecified atom stereocenters. The normalized spacial score (nSPS) is 33.4. The molecule has 20 heavy (non-hydrogen) atoms. The lowest BCUT2D eigenvalue weighted by Crippen LogP contribution is -2.71. The maximum absolute atomic E-state index is 12.5. The van der Waals surface area contributed by atoms with Crippen LogP contribution < -0.4 is 0 Å². The van der Waals surface area contributed by atoms with Gasteiger partial charge in [0, 0.05) is 26.0 Å². The van der Waals surface area contributed by atoms with Crippen LogP contribution in [0.15, 0.2) is 30.3 Å². The Morgan fingerprint density at radius 2 is 1.95 bits per heavy atom. The molecule has 1 aliphatic carbocycles. The highest BCUT2D eigenvalue weighted by Crippen LogP contribution is 2.48. The summed E-state index contributed by atoms with van der Waals surface area (Å²) in [6.45, 7) is 2.61. The Kier molecular flexibility index (Phi) is 3.13. The predicted octanol–water partition coefficient (Wildman–Crippen LogP) is 1.74. The van der Waals surface area contributed by atoms with Gasteiger partial charge in [-0.25, -0.2) is 0 Å². The fourth-order valence-electron chi connectivity index (χ4n) is 3.67. The van der Waals surface area contributed by atoms with Gasteiger partial charge in [-0.3, -0.25) is 9.59 Å². The van der Waals surface area contributed by atoms with Crippen molar-refractivity contribution in [1.29, 1.82) is 0 Å². The molecule has 1 saturated heterocycles. The van der Waals surface area contributed by atoms with Crippen molar-refractivity contribution in [2.75, 3.05) is 13.7 Å². The minimum Gasteiger partial charge on any atom is -0.363 e. The Bertz CT molecular complexity index is 542. The number of nitrogens with zero attached hydrogens (tertiary/aromatic N) is 1. The molecule has 4 heteroatoms. The number of rotatable bonds is 3. The number of benzene rings is 1. The number of ketones is 1. The number of amides is 1. The summed E-state index contributed by atoms with van der Waals surface area (Å²) in [6.07, 6.45) is 1.44. The second-order valence-corrected chi connectivity index (χ2v) is 5.59. The van der Waals surface area contributed by atoms with E-state index in [0.717, 1.165) is 18.5 Å². The molecule has 3 rings (SSSR count). The third-order valence-corrected chi connectivity index (χ3v) is 4.64. The van der Waals surface area contributed by atoms with Crippen LogP contribution in [-0.2, 0) is 19.9 Å². The first-order valence-corrected chi connectivity index (χ1v) is 7.07. The SMILES string of the molecule is COC1(c2ccccc2)C(=O)C(C)C1N1CCCC1=O. The number of hydrogen-bond acceptors (Lipinski definition) is 3. The largest absolute Gasteiger partial charge is 0.363 e. The molecule has 0 bridgehead atoms. The fraction of sp³-hybridized carbons (Fsp3) is 0.500. The maximum Gasteiger partial charge on any atom is 0.223 e. The highest BCUT2D eigenvalue weighted by molar-refractivity contribution is 6.00. The lowest BCUT2D eigenvalue weighted by Gasteiger charge is -2.54. The molecule has 0 aromatic heterocycles. The number of carbonyl (C=O) groups excluding carboxylic acids is 2. The van der Waals surface area contributed by atoms with Crippen molar-refractivity contribution in [3.05, 3.63) is 35.9 Å². The van der Waals surface area contributed by atoms with Gasteiger partial charge in [0.25, 0.3) is 0 Å². The summed E-state index contributed by atoms with van der Waals surface area (Å²) in [4.78, 5) is 26.4. The standard InChI is InChI=1S/C16H19NO3/c1-11-14(17-10-6-9-13(17)18)16(20-2,15(11)19)12-7-4-3-5-8-12/h3-5,7-8,11,14H,6,9-10H2,1-2H3. The number of ether oxygens (including phenoxy) is 1. The van der Waals surface area contributed by atoms with Crippen LogP contribution >= 0.6 is 0 Å². The first-order chi connectivity index (χ1) is 9.63. The topological polar surface area (TPSA) is 46.6 Å². The smallest absolute Gasteiger partial charge is 0.223 e. The molecule has 4 nitrogen and oxygen atoms in total. The lowest BCUT2D eigenvalue weighted by molar-refractivity contribution is -0.190. The van der Waals surface area contributed by atoms with E-state index < -0.39 is 5.60 Å². The molecule has 1 aromatic carbocycles. The van der Waals surface area contributed by atoms with Gasteiger partial charge in [0.15, 0.2) is 11.4 Å². The average Bonchev–Trinajstić information content (AvgIpc) is 2.90. The van der Waals surface area contributed by atoms with Gasteiger partial charge in [0.05, 0.1) is 6.04 Å². The summed E-state index contributed by atoms with van der Waals surface area (Å²) in [5.41, 5.74) is -0.143. The zero-order chi connectivity index (χ0) is 14.3. The van der Waals surface area contributed by atoms with Crippen molar-refractivity contribution < 1.29 is 14.3 Å². The Morgan fingerprint density at radius 1 is 1.25 bits per heavy atom. The van der Waals surface area contributed by atoms with Gasteiger partial charge in [-0.1, -0.05) is 37.3 Å². The molecule has 1 amide bonds. The van der Waals surface area contributed by atoms with Crippen molar-refractivity contribution >= 4 is 11.7 Å². The van der Waals surface area contributed by atoms with Crippen molar-refractivity contribution in [3.63, 3.8) is 0 Å². The molecule has 1 saturated carbocycles. The van der Waals surface area contributed by atoms with E-state index in [1.807, 2.05) is 42.2 Å². The summed E-state index contributed by atoms with van der Waals surface area (Å²) in [6, 6.07) is 9.33. The van der Waals surface area contributed by atoms with Crippen LogP contribution in [-0.4, -0.2) is 36.3 Å². The average molecular weight is 273 g/mol. The highest BCUT2D eigenvalue weighted by Gasteiger charge is 2.65. The van der Waals surface area contributed by atoms with E-state index in [9.17, 15) is 9.59 Å². The lowest BCUT2D eigenvalue weighted by atomic mass is 9.61. The minimum absolute atomic E-state index is 0.0656. The number of hydrogen-bond donors (Lipinski definition) is 0. The van der Waals surface area contributed by atoms with E-state index in [2.05, 4.69) is 0 Å². The zero-order valence-corrected chi connectivity index (χ0v) is 11.8. The van der Waals surface area contributed by atoms with Crippen LogP contribution in [0.1, 0.15) is 25.3 Å². The van der Waals surface area contributed by atoms with Crippen LogP contribution in [0.3, 0.4) is 0 Å². The number of methoxy groups -OCH3 is 1. The quantitative estimate of drug-likeness (QED) is 0.842. The number of Topliss-reactive ketones (excluding diaryl/α,β-unsaturated/α-hetero) is 1. The molecular formula is C16H19NO3. The summed E-state index contributed by atoms with van der Waals surface area (Å²) >= 11 is 0. The van der Waals surface area contributed by atoms with E-state index in [-0.39, 0.29) is 23.7 Å². The summed E-state index contributed by atoms with van der Waals surface area (Å²) in [7, 11) is 1.56. The molecule has 1 aromatic rings. The Balaban J connectivity index is 2.04. The minimum atomic E-state index is -0.985. The summed E-state index contributed by atoms with van der Waals surface area (Å²) in [5.74, 6) is 0.0276. The van der Waals surface area contributed by atoms with Crippen LogP contribution in [0.5, 0.6) is 0 Å². The Hall–Kier alpha value is -1.68. The Morgan fingerprint density at radius 3 is 2.50 bits per heavy atom. The van der Waals surface area contributed by atoms with Gasteiger partial charge in [-0.05, 0) is 12.0 Å². The fourth-order valence-corrected chi connectivity index (χ4v) is 3.67. The third-order valence-electron chi connectivity index (χ3n) is 4.64. The Labute approximate surface area is 118 Å². The zero-order valence-electron chi connectivity index (χ0n) is 11.8. The molecule has 2 aliphatic rings. The van der Waals surface area contributed by atoms with E-state index in [4.69, 9.17) is 4.74 Å². The van der Waals surface area contributed by atoms with Gasteiger partial charge < -0.3 is 9.64 Å². The summed E-state index contributed by atoms with van der Waals surface area (Å²) in [5, 5.41) is 0. The molecule has 0 spiro atoms. The third kappa shape index (κ3) is 1.57. The number of likely N-dealkylation sites (tertiary alicyclic amines) is 1. The van der Waals surface area contributed by atoms with Gasteiger partial charge in [-0.15, -0.1) is 0 Å². The van der Waals surface area contributed by atoms with Crippen molar-refractivity contribution in [2.45, 2.75) is 31.4 Å². The monoisotopic (exact) mass is 273 g/mol. The second-order valence-electron chi connectivity index (χ2n) is 5.59. The van der Waals surface area contributed by atoms with E-state index in [1.165, 1.54) is 0 Å². The van der Waals surface area contributed by atoms with Crippen molar-refractivity contribution in [2.24, 2.45) is 5.92 Å². The molecule has 1 aliphatic heterocycles. The van der Waals surface area contributed by atoms with Crippen LogP contribution in [0, 0.1) is 5.92 Å². The highest BCUT2D eigenvalue weighted by atomic mass is 16.5. The van der Waals surface area contributed by atoms with Crippen molar-refractivity contribution in [3.8, 4) is 0 Å². The maximum atomic E-state index is 12.5. The predicted molar refractivity (Wildman–Crippen MR) is 74.0 cm³/mol. The van der Waals surface area contributed by atoms with Gasteiger partial charge in [0.1, 0.15) is 0 Å². The van der Waals surface area contributed by atoms with E-state index in [0.29, 0.717) is 6.42 Å². The van der Waals surface area contributed by atoms with Crippen molar-refractivity contribution in [1.82, 2.24) is 4.90 Å². The molecule has 3 atom stereocenters. The molecule has 0 radical (unpaired) electrons. The van der Waals surface area contributed by atoms with E-state index in [1.54, 1.807) is 7.11 Å². The molecule has 2 fully saturated rings. The number of carbonyl (C=O) groups is 2.